The Bertz CT molecular complexity index is 498. The maximum Gasteiger partial charge on any atom is 0.324 e. The molecule has 0 saturated carbocycles. The van der Waals surface area contributed by atoms with Crippen molar-refractivity contribution in [1.29, 1.82) is 0 Å². The molecule has 0 radical (unpaired) electrons. The van der Waals surface area contributed by atoms with Gasteiger partial charge in [0.15, 0.2) is 0 Å². The van der Waals surface area contributed by atoms with E-state index in [0.29, 0.717) is 5.69 Å². The van der Waals surface area contributed by atoms with Crippen LogP contribution in [0.1, 0.15) is 6.92 Å². The van der Waals surface area contributed by atoms with Crippen molar-refractivity contribution in [2.45, 2.75) is 6.92 Å². The summed E-state index contributed by atoms with van der Waals surface area (Å²) in [6, 6.07) is 6.44. The van der Waals surface area contributed by atoms with E-state index in [1.807, 2.05) is 0 Å². The molecule has 1 aromatic carbocycles. The van der Waals surface area contributed by atoms with Gasteiger partial charge in [-0.15, -0.1) is 0 Å². The molecule has 7 heteroatoms. The molecule has 0 saturated heterocycles. The number of carboxylic acids is 1. The van der Waals surface area contributed by atoms with Crippen LogP contribution in [-0.4, -0.2) is 31.8 Å². The number of benzene rings is 1. The fraction of sp³-hybridized carbons (Fsp3) is 0.300. The topological polar surface area (TPSA) is 74.7 Å². The van der Waals surface area contributed by atoms with Crippen LogP contribution in [0.25, 0.3) is 0 Å². The van der Waals surface area contributed by atoms with Gasteiger partial charge in [-0.25, -0.2) is 8.42 Å². The third-order valence-corrected chi connectivity index (χ3v) is 4.36. The zero-order chi connectivity index (χ0) is 13.1. The van der Waals surface area contributed by atoms with Gasteiger partial charge < -0.3 is 5.11 Å². The lowest BCUT2D eigenvalue weighted by atomic mass is 10.3. The summed E-state index contributed by atoms with van der Waals surface area (Å²) in [7, 11) is -3.58. The molecular formula is C10H12BrNO4S. The van der Waals surface area contributed by atoms with Crippen molar-refractivity contribution in [2.24, 2.45) is 0 Å². The van der Waals surface area contributed by atoms with Crippen LogP contribution in [0, 0.1) is 0 Å². The summed E-state index contributed by atoms with van der Waals surface area (Å²) in [4.78, 5) is 10.7. The molecule has 0 amide bonds. The molecule has 0 aliphatic rings. The molecule has 0 bridgehead atoms. The molecule has 1 N–H and O–H groups in total. The Morgan fingerprint density at radius 2 is 1.88 bits per heavy atom. The van der Waals surface area contributed by atoms with Crippen molar-refractivity contribution in [3.8, 4) is 0 Å². The molecule has 0 fully saturated rings. The second-order valence-corrected chi connectivity index (χ2v) is 6.37. The monoisotopic (exact) mass is 321 g/mol. The van der Waals surface area contributed by atoms with Crippen LogP contribution in [-0.2, 0) is 14.8 Å². The van der Waals surface area contributed by atoms with Crippen LogP contribution in [0.4, 0.5) is 5.69 Å². The lowest BCUT2D eigenvalue weighted by Crippen LogP contribution is -2.36. The zero-order valence-electron chi connectivity index (χ0n) is 9.13. The highest BCUT2D eigenvalue weighted by molar-refractivity contribution is 9.10. The first-order valence-electron chi connectivity index (χ1n) is 4.84. The Hall–Kier alpha value is -1.08. The second kappa shape index (κ2) is 5.50. The highest BCUT2D eigenvalue weighted by Crippen LogP contribution is 2.21. The summed E-state index contributed by atoms with van der Waals surface area (Å²) in [6.45, 7) is 0.904. The van der Waals surface area contributed by atoms with Gasteiger partial charge in [0.05, 0.1) is 11.4 Å². The molecule has 94 valence electrons. The van der Waals surface area contributed by atoms with E-state index in [4.69, 9.17) is 5.11 Å². The number of aliphatic carboxylic acids is 1. The summed E-state index contributed by atoms with van der Waals surface area (Å²) in [5.74, 6) is -1.33. The number of sulfonamides is 1. The minimum absolute atomic E-state index is 0.143. The van der Waals surface area contributed by atoms with Crippen molar-refractivity contribution < 1.29 is 18.3 Å². The third kappa shape index (κ3) is 3.71. The first-order chi connectivity index (χ1) is 7.86. The number of anilines is 1. The SMILES string of the molecule is CCS(=O)(=O)N(CC(=O)O)c1ccc(Br)cc1. The van der Waals surface area contributed by atoms with Gasteiger partial charge in [-0.1, -0.05) is 15.9 Å². The standard InChI is InChI=1S/C10H12BrNO4S/c1-2-17(15,16)12(7-10(13)14)9-5-3-8(11)4-6-9/h3-6H,2,7H2,1H3,(H,13,14). The van der Waals surface area contributed by atoms with Crippen LogP contribution < -0.4 is 4.31 Å². The lowest BCUT2D eigenvalue weighted by molar-refractivity contribution is -0.135. The summed E-state index contributed by atoms with van der Waals surface area (Å²) in [6.07, 6.45) is 0. The normalized spacial score (nSPS) is 11.2. The maximum absolute atomic E-state index is 11.8. The molecular weight excluding hydrogens is 310 g/mol. The van der Waals surface area contributed by atoms with Gasteiger partial charge in [-0.05, 0) is 31.2 Å². The Balaban J connectivity index is 3.15. The van der Waals surface area contributed by atoms with Gasteiger partial charge in [0.1, 0.15) is 6.54 Å². The first-order valence-corrected chi connectivity index (χ1v) is 7.25. The van der Waals surface area contributed by atoms with Gasteiger partial charge >= 0.3 is 5.97 Å². The molecule has 5 nitrogen and oxygen atoms in total. The van der Waals surface area contributed by atoms with E-state index in [-0.39, 0.29) is 5.75 Å². The van der Waals surface area contributed by atoms with E-state index in [1.54, 1.807) is 24.3 Å². The summed E-state index contributed by atoms with van der Waals surface area (Å²) in [5.41, 5.74) is 0.345. The summed E-state index contributed by atoms with van der Waals surface area (Å²) >= 11 is 3.23. The summed E-state index contributed by atoms with van der Waals surface area (Å²) < 4.78 is 25.2. The van der Waals surface area contributed by atoms with E-state index in [0.717, 1.165) is 8.78 Å². The Morgan fingerprint density at radius 3 is 2.29 bits per heavy atom. The van der Waals surface area contributed by atoms with E-state index in [9.17, 15) is 13.2 Å². The van der Waals surface area contributed by atoms with E-state index < -0.39 is 22.5 Å². The molecule has 0 spiro atoms. The van der Waals surface area contributed by atoms with E-state index in [2.05, 4.69) is 15.9 Å². The van der Waals surface area contributed by atoms with Crippen molar-refractivity contribution >= 4 is 37.6 Å². The van der Waals surface area contributed by atoms with Crippen molar-refractivity contribution in [2.75, 3.05) is 16.6 Å². The Kier molecular flexibility index (Phi) is 4.53. The fourth-order valence-corrected chi connectivity index (χ4v) is 2.56. The number of rotatable bonds is 5. The molecule has 0 aliphatic heterocycles. The van der Waals surface area contributed by atoms with Gasteiger partial charge in [0.2, 0.25) is 10.0 Å². The lowest BCUT2D eigenvalue weighted by Gasteiger charge is -2.21. The third-order valence-electron chi connectivity index (χ3n) is 2.09. The smallest absolute Gasteiger partial charge is 0.324 e. The Labute approximate surface area is 108 Å². The minimum Gasteiger partial charge on any atom is -0.480 e. The Morgan fingerprint density at radius 1 is 1.35 bits per heavy atom. The van der Waals surface area contributed by atoms with Crippen LogP contribution in [0.3, 0.4) is 0 Å². The molecule has 0 atom stereocenters. The predicted molar refractivity (Wildman–Crippen MR) is 68.6 cm³/mol. The fourth-order valence-electron chi connectivity index (χ4n) is 1.24. The van der Waals surface area contributed by atoms with Gasteiger partial charge in [-0.3, -0.25) is 9.10 Å². The highest BCUT2D eigenvalue weighted by atomic mass is 79.9. The molecule has 0 unspecified atom stereocenters. The van der Waals surface area contributed by atoms with Crippen LogP contribution >= 0.6 is 15.9 Å². The maximum atomic E-state index is 11.8. The molecule has 0 heterocycles. The van der Waals surface area contributed by atoms with E-state index >= 15 is 0 Å². The molecule has 1 aromatic rings. The zero-order valence-corrected chi connectivity index (χ0v) is 11.5. The van der Waals surface area contributed by atoms with E-state index in [1.165, 1.54) is 6.92 Å². The number of carbonyl (C=O) groups is 1. The predicted octanol–water partition coefficient (Wildman–Crippen LogP) is 1.69. The van der Waals surface area contributed by atoms with Crippen molar-refractivity contribution in [3.05, 3.63) is 28.7 Å². The van der Waals surface area contributed by atoms with Crippen LogP contribution in [0.5, 0.6) is 0 Å². The molecule has 0 aliphatic carbocycles. The largest absolute Gasteiger partial charge is 0.480 e. The highest BCUT2D eigenvalue weighted by Gasteiger charge is 2.22. The number of hydrogen-bond donors (Lipinski definition) is 1. The first kappa shape index (κ1) is 14.0. The second-order valence-electron chi connectivity index (χ2n) is 3.28. The number of halogens is 1. The quantitative estimate of drug-likeness (QED) is 0.895. The van der Waals surface area contributed by atoms with Crippen LogP contribution in [0.15, 0.2) is 28.7 Å². The van der Waals surface area contributed by atoms with Crippen molar-refractivity contribution in [1.82, 2.24) is 0 Å². The summed E-state index contributed by atoms with van der Waals surface area (Å²) in [5, 5.41) is 8.74. The molecule has 1 rings (SSSR count). The molecule has 17 heavy (non-hydrogen) atoms. The van der Waals surface area contributed by atoms with Gasteiger partial charge in [0.25, 0.3) is 0 Å². The minimum atomic E-state index is -3.58. The van der Waals surface area contributed by atoms with Gasteiger partial charge in [0, 0.05) is 4.47 Å². The van der Waals surface area contributed by atoms with Crippen molar-refractivity contribution in [3.63, 3.8) is 0 Å². The average molecular weight is 322 g/mol. The number of carboxylic acid groups (broad SMARTS) is 1. The molecule has 0 aromatic heterocycles. The number of nitrogens with zero attached hydrogens (tertiary/aromatic N) is 1. The number of hydrogen-bond acceptors (Lipinski definition) is 3. The van der Waals surface area contributed by atoms with Gasteiger partial charge in [-0.2, -0.15) is 0 Å². The van der Waals surface area contributed by atoms with Crippen LogP contribution in [0.2, 0.25) is 0 Å². The average Bonchev–Trinajstić information content (AvgIpc) is 2.27.